The molecule has 4 aromatic carbocycles. The summed E-state index contributed by atoms with van der Waals surface area (Å²) in [7, 11) is -0.817. The largest absolute Gasteiger partial charge is 0.200 e. The minimum atomic E-state index is -0.817. The van der Waals surface area contributed by atoms with Gasteiger partial charge in [-0.3, -0.25) is 0 Å². The van der Waals surface area contributed by atoms with Crippen LogP contribution < -0.4 is 0 Å². The first-order valence-corrected chi connectivity index (χ1v) is 13.0. The van der Waals surface area contributed by atoms with Crippen molar-refractivity contribution in [2.45, 2.75) is 5.92 Å². The van der Waals surface area contributed by atoms with Crippen molar-refractivity contribution >= 4 is 42.6 Å². The number of fused-ring (bicyclic) bond motifs is 4. The molecule has 1 aliphatic heterocycles. The van der Waals surface area contributed by atoms with Crippen LogP contribution in [0.1, 0.15) is 28.2 Å². The molecule has 6 rings (SSSR count). The van der Waals surface area contributed by atoms with Gasteiger partial charge in [0.1, 0.15) is 0 Å². The maximum absolute atomic E-state index is 2.37. The van der Waals surface area contributed by atoms with E-state index in [0.717, 1.165) is 0 Å². The van der Waals surface area contributed by atoms with Crippen molar-refractivity contribution in [1.82, 2.24) is 0 Å². The first kappa shape index (κ1) is 17.8. The van der Waals surface area contributed by atoms with E-state index in [-0.39, 0.29) is 0 Å². The van der Waals surface area contributed by atoms with Gasteiger partial charge in [-0.25, -0.2) is 0 Å². The van der Waals surface area contributed by atoms with Gasteiger partial charge in [-0.05, 0) is 73.9 Å². The molecule has 4 aromatic rings. The van der Waals surface area contributed by atoms with Crippen LogP contribution in [-0.4, -0.2) is 12.5 Å². The molecule has 0 bridgehead atoms. The highest BCUT2D eigenvalue weighted by molar-refractivity contribution is 8.42. The van der Waals surface area contributed by atoms with Gasteiger partial charge in [0.15, 0.2) is 0 Å². The fourth-order valence-corrected chi connectivity index (χ4v) is 6.73. The topological polar surface area (TPSA) is 0 Å². The van der Waals surface area contributed by atoms with Crippen LogP contribution in [0.5, 0.6) is 0 Å². The molecule has 1 unspecified atom stereocenters. The third kappa shape index (κ3) is 2.69. The fraction of sp³-hybridized carbons (Fsp3) is 0.103. The lowest BCUT2D eigenvalue weighted by molar-refractivity contribution is 1.05. The Bertz CT molecular complexity index is 1420. The maximum Gasteiger partial charge on any atom is 0.0278 e. The van der Waals surface area contributed by atoms with Gasteiger partial charge in [-0.2, -0.15) is 10.0 Å². The molecule has 0 amide bonds. The van der Waals surface area contributed by atoms with Gasteiger partial charge in [0.2, 0.25) is 0 Å². The predicted molar refractivity (Wildman–Crippen MR) is 135 cm³/mol. The first-order valence-electron chi connectivity index (χ1n) is 10.5. The summed E-state index contributed by atoms with van der Waals surface area (Å²) in [4.78, 5) is 1.48. The number of hydrogen-bond acceptors (Lipinski definition) is 0. The Balaban J connectivity index is 1.44. The van der Waals surface area contributed by atoms with E-state index in [0.29, 0.717) is 5.92 Å². The average Bonchev–Trinajstić information content (AvgIpc) is 3.35. The minimum Gasteiger partial charge on any atom is -0.200 e. The average molecular weight is 405 g/mol. The molecule has 0 aromatic heterocycles. The van der Waals surface area contributed by atoms with Crippen molar-refractivity contribution in [1.29, 1.82) is 0 Å². The van der Waals surface area contributed by atoms with E-state index in [2.05, 4.69) is 115 Å². The molecule has 1 heterocycles. The van der Waals surface area contributed by atoms with Gasteiger partial charge in [-0.15, -0.1) is 0 Å². The molecule has 2 aliphatic rings. The number of rotatable bonds is 2. The van der Waals surface area contributed by atoms with E-state index in [4.69, 9.17) is 0 Å². The molecule has 0 spiro atoms. The maximum atomic E-state index is 2.37. The highest BCUT2D eigenvalue weighted by atomic mass is 32.3. The third-order valence-corrected chi connectivity index (χ3v) is 8.88. The predicted octanol–water partition coefficient (Wildman–Crippen LogP) is 8.08. The summed E-state index contributed by atoms with van der Waals surface area (Å²) in [6.07, 6.45) is 13.8. The zero-order valence-electron chi connectivity index (χ0n) is 17.3. The minimum absolute atomic E-state index is 0.357. The van der Waals surface area contributed by atoms with Gasteiger partial charge in [0, 0.05) is 10.8 Å². The molecule has 0 saturated heterocycles. The van der Waals surface area contributed by atoms with Crippen LogP contribution in [0.4, 0.5) is 0 Å². The monoisotopic (exact) mass is 404 g/mol. The Labute approximate surface area is 179 Å². The van der Waals surface area contributed by atoms with E-state index < -0.39 is 10.0 Å². The van der Waals surface area contributed by atoms with E-state index in [9.17, 15) is 0 Å². The van der Waals surface area contributed by atoms with E-state index >= 15 is 0 Å². The van der Waals surface area contributed by atoms with Gasteiger partial charge in [-0.1, -0.05) is 85.0 Å². The molecule has 1 aliphatic carbocycles. The standard InChI is InChI=1S/C29H24S/c1-30(2)17-5-8-29(30)24-13-16-28-22(19-24)10-9-21-18-23(12-15-27(21)28)26-14-11-20-6-3-4-7-25(20)26/h3-19,26H,1-2H3. The molecule has 146 valence electrons. The SMILES string of the molecule is CS1(C)C=CC=C1c1ccc2c(ccc3cc(C4C=Cc5ccccc54)ccc32)c1. The second-order valence-corrected chi connectivity index (χ2v) is 12.2. The lowest BCUT2D eigenvalue weighted by Gasteiger charge is -2.27. The van der Waals surface area contributed by atoms with Crippen molar-refractivity contribution in [3.63, 3.8) is 0 Å². The lowest BCUT2D eigenvalue weighted by atomic mass is 9.90. The summed E-state index contributed by atoms with van der Waals surface area (Å²) < 4.78 is 0. The Morgan fingerprint density at radius 1 is 0.767 bits per heavy atom. The van der Waals surface area contributed by atoms with E-state index in [1.54, 1.807) is 0 Å². The van der Waals surface area contributed by atoms with Crippen LogP contribution in [0.3, 0.4) is 0 Å². The molecule has 0 nitrogen and oxygen atoms in total. The van der Waals surface area contributed by atoms with Gasteiger partial charge >= 0.3 is 0 Å². The van der Waals surface area contributed by atoms with Gasteiger partial charge in [0.05, 0.1) is 0 Å². The van der Waals surface area contributed by atoms with Crippen LogP contribution in [-0.2, 0) is 0 Å². The summed E-state index contributed by atoms with van der Waals surface area (Å²) in [6, 6.07) is 27.3. The Hall–Kier alpha value is -3.03. The van der Waals surface area contributed by atoms with Crippen LogP contribution >= 0.6 is 10.0 Å². The zero-order chi connectivity index (χ0) is 20.3. The van der Waals surface area contributed by atoms with E-state index in [1.165, 1.54) is 48.7 Å². The third-order valence-electron chi connectivity index (χ3n) is 6.54. The van der Waals surface area contributed by atoms with Crippen molar-refractivity contribution < 1.29 is 0 Å². The first-order chi connectivity index (χ1) is 14.6. The lowest BCUT2D eigenvalue weighted by Crippen LogP contribution is -1.96. The summed E-state index contributed by atoms with van der Waals surface area (Å²) in [5.41, 5.74) is 5.48. The van der Waals surface area contributed by atoms with Crippen LogP contribution in [0.2, 0.25) is 0 Å². The second-order valence-electron chi connectivity index (χ2n) is 8.71. The summed E-state index contributed by atoms with van der Waals surface area (Å²) >= 11 is 0. The Kier molecular flexibility index (Phi) is 3.85. The molecule has 1 heteroatoms. The van der Waals surface area contributed by atoms with E-state index in [1.807, 2.05) is 0 Å². The van der Waals surface area contributed by atoms with Crippen LogP contribution in [0, 0.1) is 0 Å². The molecule has 0 saturated carbocycles. The molecule has 0 radical (unpaired) electrons. The van der Waals surface area contributed by atoms with Crippen molar-refractivity contribution in [3.8, 4) is 0 Å². The number of allylic oxidation sites excluding steroid dienone is 3. The molecular weight excluding hydrogens is 380 g/mol. The quantitative estimate of drug-likeness (QED) is 0.296. The summed E-state index contributed by atoms with van der Waals surface area (Å²) in [5, 5.41) is 7.68. The zero-order valence-corrected chi connectivity index (χ0v) is 18.1. The molecule has 1 atom stereocenters. The van der Waals surface area contributed by atoms with Crippen molar-refractivity contribution in [2.24, 2.45) is 0 Å². The molecule has 0 N–H and O–H groups in total. The van der Waals surface area contributed by atoms with Crippen LogP contribution in [0.15, 0.2) is 96.4 Å². The molecule has 30 heavy (non-hydrogen) atoms. The Morgan fingerprint density at radius 3 is 2.33 bits per heavy atom. The number of hydrogen-bond donors (Lipinski definition) is 0. The highest BCUT2D eigenvalue weighted by Crippen LogP contribution is 2.58. The second kappa shape index (κ2) is 6.48. The molecular formula is C29H24S. The van der Waals surface area contributed by atoms with Crippen molar-refractivity contribution in [2.75, 3.05) is 12.5 Å². The van der Waals surface area contributed by atoms with Crippen molar-refractivity contribution in [3.05, 3.63) is 119 Å². The summed E-state index contributed by atoms with van der Waals surface area (Å²) in [6.45, 7) is 0. The smallest absolute Gasteiger partial charge is 0.0278 e. The highest BCUT2D eigenvalue weighted by Gasteiger charge is 2.21. The van der Waals surface area contributed by atoms with Gasteiger partial charge < -0.3 is 0 Å². The normalized spacial score (nSPS) is 19.9. The van der Waals surface area contributed by atoms with Crippen LogP contribution in [0.25, 0.3) is 32.5 Å². The fourth-order valence-electron chi connectivity index (χ4n) is 4.95. The van der Waals surface area contributed by atoms with Gasteiger partial charge in [0.25, 0.3) is 0 Å². The Morgan fingerprint density at radius 2 is 1.53 bits per heavy atom. The number of benzene rings is 4. The summed E-state index contributed by atoms with van der Waals surface area (Å²) in [5.74, 6) is 0.357. The molecule has 0 fully saturated rings.